The van der Waals surface area contributed by atoms with Crippen LogP contribution in [0.25, 0.3) is 0 Å². The highest BCUT2D eigenvalue weighted by molar-refractivity contribution is 5.68. The van der Waals surface area contributed by atoms with Crippen molar-refractivity contribution in [3.8, 4) is 0 Å². The van der Waals surface area contributed by atoms with Crippen molar-refractivity contribution in [3.63, 3.8) is 0 Å². The average Bonchev–Trinajstić information content (AvgIpc) is 2.09. The highest BCUT2D eigenvalue weighted by Gasteiger charge is 2.13. The Hall–Kier alpha value is -1.35. The topological polar surface area (TPSA) is 63.3 Å². The van der Waals surface area contributed by atoms with E-state index in [0.717, 1.165) is 16.7 Å². The number of aryl methyl sites for hydroxylation is 3. The molecule has 0 aromatic heterocycles. The Morgan fingerprint density at radius 3 is 2.33 bits per heavy atom. The Bertz CT molecular complexity index is 385. The first-order valence-corrected chi connectivity index (χ1v) is 4.97. The van der Waals surface area contributed by atoms with Crippen LogP contribution < -0.4 is 5.73 Å². The fourth-order valence-electron chi connectivity index (χ4n) is 1.68. The van der Waals surface area contributed by atoms with Gasteiger partial charge in [0.2, 0.25) is 0 Å². The lowest BCUT2D eigenvalue weighted by atomic mass is 9.95. The minimum absolute atomic E-state index is 0.0245. The molecular weight excluding hydrogens is 190 g/mol. The van der Waals surface area contributed by atoms with Gasteiger partial charge in [-0.05, 0) is 43.0 Å². The van der Waals surface area contributed by atoms with Crippen molar-refractivity contribution in [2.45, 2.75) is 33.2 Å². The van der Waals surface area contributed by atoms with E-state index < -0.39 is 12.0 Å². The second-order valence-electron chi connectivity index (χ2n) is 4.00. The second kappa shape index (κ2) is 4.45. The SMILES string of the molecule is Cc1cc(C)c(C(N)CC(=O)O)cc1C. The monoisotopic (exact) mass is 207 g/mol. The van der Waals surface area contributed by atoms with Gasteiger partial charge in [-0.25, -0.2) is 0 Å². The average molecular weight is 207 g/mol. The van der Waals surface area contributed by atoms with Crippen molar-refractivity contribution in [1.82, 2.24) is 0 Å². The van der Waals surface area contributed by atoms with Crippen LogP contribution in [0, 0.1) is 20.8 Å². The van der Waals surface area contributed by atoms with Crippen molar-refractivity contribution >= 4 is 5.97 Å². The van der Waals surface area contributed by atoms with Gasteiger partial charge in [0.15, 0.2) is 0 Å². The maximum Gasteiger partial charge on any atom is 0.305 e. The molecule has 3 nitrogen and oxygen atoms in total. The lowest BCUT2D eigenvalue weighted by molar-refractivity contribution is -0.137. The van der Waals surface area contributed by atoms with Gasteiger partial charge < -0.3 is 10.8 Å². The Morgan fingerprint density at radius 1 is 1.27 bits per heavy atom. The lowest BCUT2D eigenvalue weighted by Gasteiger charge is -2.15. The molecule has 0 heterocycles. The Morgan fingerprint density at radius 2 is 1.80 bits per heavy atom. The zero-order valence-electron chi connectivity index (χ0n) is 9.37. The minimum Gasteiger partial charge on any atom is -0.481 e. The summed E-state index contributed by atoms with van der Waals surface area (Å²) in [5.41, 5.74) is 10.2. The zero-order valence-corrected chi connectivity index (χ0v) is 9.37. The molecule has 0 aliphatic rings. The molecule has 0 aliphatic heterocycles. The van der Waals surface area contributed by atoms with Gasteiger partial charge >= 0.3 is 5.97 Å². The molecule has 1 rings (SSSR count). The third-order valence-corrected chi connectivity index (χ3v) is 2.68. The number of hydrogen-bond donors (Lipinski definition) is 2. The van der Waals surface area contributed by atoms with Gasteiger partial charge in [0.25, 0.3) is 0 Å². The van der Waals surface area contributed by atoms with Crippen LogP contribution in [0.2, 0.25) is 0 Å². The molecule has 3 N–H and O–H groups in total. The van der Waals surface area contributed by atoms with Crippen molar-refractivity contribution in [2.75, 3.05) is 0 Å². The summed E-state index contributed by atoms with van der Waals surface area (Å²) in [5, 5.41) is 8.68. The fourth-order valence-corrected chi connectivity index (χ4v) is 1.68. The molecule has 15 heavy (non-hydrogen) atoms. The number of aliphatic carboxylic acids is 1. The quantitative estimate of drug-likeness (QED) is 0.797. The van der Waals surface area contributed by atoms with Crippen LogP contribution in [0.5, 0.6) is 0 Å². The number of carbonyl (C=O) groups is 1. The van der Waals surface area contributed by atoms with Crippen LogP contribution >= 0.6 is 0 Å². The van der Waals surface area contributed by atoms with Gasteiger partial charge in [0.1, 0.15) is 0 Å². The number of carboxylic acid groups (broad SMARTS) is 1. The van der Waals surface area contributed by atoms with Crippen molar-refractivity contribution in [3.05, 3.63) is 34.4 Å². The van der Waals surface area contributed by atoms with E-state index in [1.807, 2.05) is 32.9 Å². The first-order valence-electron chi connectivity index (χ1n) is 4.97. The Balaban J connectivity index is 3.03. The maximum absolute atomic E-state index is 10.6. The van der Waals surface area contributed by atoms with Crippen LogP contribution in [0.15, 0.2) is 12.1 Å². The van der Waals surface area contributed by atoms with Gasteiger partial charge in [0.05, 0.1) is 6.42 Å². The van der Waals surface area contributed by atoms with E-state index in [9.17, 15) is 4.79 Å². The Labute approximate surface area is 89.9 Å². The van der Waals surface area contributed by atoms with Crippen LogP contribution in [-0.2, 0) is 4.79 Å². The highest BCUT2D eigenvalue weighted by Crippen LogP contribution is 2.22. The molecule has 0 saturated carbocycles. The normalized spacial score (nSPS) is 12.5. The summed E-state index contributed by atoms with van der Waals surface area (Å²) >= 11 is 0. The van der Waals surface area contributed by atoms with E-state index >= 15 is 0 Å². The Kier molecular flexibility index (Phi) is 3.48. The van der Waals surface area contributed by atoms with Gasteiger partial charge in [-0.2, -0.15) is 0 Å². The molecule has 0 saturated heterocycles. The summed E-state index contributed by atoms with van der Waals surface area (Å²) in [7, 11) is 0. The first-order chi connectivity index (χ1) is 6.91. The summed E-state index contributed by atoms with van der Waals surface area (Å²) in [6, 6.07) is 3.62. The van der Waals surface area contributed by atoms with E-state index in [4.69, 9.17) is 10.8 Å². The molecular formula is C12H17NO2. The van der Waals surface area contributed by atoms with Gasteiger partial charge in [-0.3, -0.25) is 4.79 Å². The number of carboxylic acids is 1. The molecule has 1 aromatic rings. The molecule has 1 unspecified atom stereocenters. The van der Waals surface area contributed by atoms with Gasteiger partial charge in [-0.1, -0.05) is 12.1 Å². The molecule has 0 radical (unpaired) electrons. The van der Waals surface area contributed by atoms with E-state index in [2.05, 4.69) is 0 Å². The van der Waals surface area contributed by atoms with Crippen LogP contribution in [-0.4, -0.2) is 11.1 Å². The number of hydrogen-bond acceptors (Lipinski definition) is 2. The predicted octanol–water partition coefficient (Wildman–Crippen LogP) is 2.09. The van der Waals surface area contributed by atoms with Crippen molar-refractivity contribution in [2.24, 2.45) is 5.73 Å². The van der Waals surface area contributed by atoms with E-state index in [1.54, 1.807) is 0 Å². The first kappa shape index (κ1) is 11.7. The molecule has 0 amide bonds. The molecule has 0 spiro atoms. The zero-order chi connectivity index (χ0) is 11.6. The van der Waals surface area contributed by atoms with Crippen LogP contribution in [0.3, 0.4) is 0 Å². The molecule has 82 valence electrons. The van der Waals surface area contributed by atoms with E-state index in [0.29, 0.717) is 0 Å². The summed E-state index contributed by atoms with van der Waals surface area (Å²) < 4.78 is 0. The van der Waals surface area contributed by atoms with E-state index in [-0.39, 0.29) is 6.42 Å². The third kappa shape index (κ3) is 2.80. The van der Waals surface area contributed by atoms with Gasteiger partial charge in [-0.15, -0.1) is 0 Å². The van der Waals surface area contributed by atoms with Crippen molar-refractivity contribution < 1.29 is 9.90 Å². The standard InChI is InChI=1S/C12H17NO2/c1-7-4-9(3)10(5-8(7)2)11(13)6-12(14)15/h4-5,11H,6,13H2,1-3H3,(H,14,15). The third-order valence-electron chi connectivity index (χ3n) is 2.68. The van der Waals surface area contributed by atoms with Crippen LogP contribution in [0.1, 0.15) is 34.7 Å². The van der Waals surface area contributed by atoms with Crippen molar-refractivity contribution in [1.29, 1.82) is 0 Å². The summed E-state index contributed by atoms with van der Waals surface area (Å²) in [5.74, 6) is -0.861. The van der Waals surface area contributed by atoms with Crippen LogP contribution in [0.4, 0.5) is 0 Å². The lowest BCUT2D eigenvalue weighted by Crippen LogP contribution is -2.16. The molecule has 1 aromatic carbocycles. The highest BCUT2D eigenvalue weighted by atomic mass is 16.4. The largest absolute Gasteiger partial charge is 0.481 e. The fraction of sp³-hybridized carbons (Fsp3) is 0.417. The maximum atomic E-state index is 10.6. The summed E-state index contributed by atoms with van der Waals surface area (Å²) in [6.07, 6.45) is -0.0245. The smallest absolute Gasteiger partial charge is 0.305 e. The number of rotatable bonds is 3. The molecule has 0 fully saturated rings. The minimum atomic E-state index is -0.861. The molecule has 0 aliphatic carbocycles. The second-order valence-corrected chi connectivity index (χ2v) is 4.00. The summed E-state index contributed by atoms with van der Waals surface area (Å²) in [4.78, 5) is 10.6. The molecule has 0 bridgehead atoms. The summed E-state index contributed by atoms with van der Waals surface area (Å²) in [6.45, 7) is 6.00. The molecule has 1 atom stereocenters. The van der Waals surface area contributed by atoms with E-state index in [1.165, 1.54) is 5.56 Å². The predicted molar refractivity (Wildman–Crippen MR) is 59.8 cm³/mol. The molecule has 3 heteroatoms. The van der Waals surface area contributed by atoms with Gasteiger partial charge in [0, 0.05) is 6.04 Å². The number of nitrogens with two attached hydrogens (primary N) is 1. The number of benzene rings is 1.